The Morgan fingerprint density at radius 2 is 1.81 bits per heavy atom. The number of halogens is 4. The average molecular weight is 508 g/mol. The van der Waals surface area contributed by atoms with Gasteiger partial charge in [0.25, 0.3) is 0 Å². The van der Waals surface area contributed by atoms with Crippen molar-refractivity contribution in [3.63, 3.8) is 0 Å². The van der Waals surface area contributed by atoms with Crippen LogP contribution in [0.25, 0.3) is 0 Å². The molecule has 6 nitrogen and oxygen atoms in total. The smallest absolute Gasteiger partial charge is 0.431 e. The van der Waals surface area contributed by atoms with E-state index in [9.17, 15) is 27.5 Å². The largest absolute Gasteiger partial charge is 0.490 e. The van der Waals surface area contributed by atoms with Crippen molar-refractivity contribution in [3.8, 4) is 5.75 Å². The number of carboxylic acid groups (broad SMARTS) is 1. The topological polar surface area (TPSA) is 65.4 Å². The number of aryl methyl sites for hydroxylation is 1. The molecule has 10 heteroatoms. The number of piperidine rings is 1. The first-order valence-corrected chi connectivity index (χ1v) is 12.0. The van der Waals surface area contributed by atoms with Gasteiger partial charge in [-0.25, -0.2) is 4.39 Å². The molecule has 36 heavy (non-hydrogen) atoms. The zero-order chi connectivity index (χ0) is 26.0. The van der Waals surface area contributed by atoms with Crippen molar-refractivity contribution in [1.29, 1.82) is 0 Å². The molecule has 0 bridgehead atoms. The first-order chi connectivity index (χ1) is 17.1. The van der Waals surface area contributed by atoms with Gasteiger partial charge in [-0.3, -0.25) is 9.80 Å². The number of hydrazone groups is 1. The molecule has 2 atom stereocenters. The van der Waals surface area contributed by atoms with E-state index in [1.165, 1.54) is 13.0 Å². The third-order valence-corrected chi connectivity index (χ3v) is 6.82. The van der Waals surface area contributed by atoms with Gasteiger partial charge in [0.15, 0.2) is 0 Å². The van der Waals surface area contributed by atoms with Crippen molar-refractivity contribution in [2.45, 2.75) is 57.9 Å². The maximum Gasteiger partial charge on any atom is 0.431 e. The molecule has 2 aliphatic rings. The highest BCUT2D eigenvalue weighted by molar-refractivity contribution is 5.95. The maximum atomic E-state index is 14.3. The van der Waals surface area contributed by atoms with E-state index in [4.69, 9.17) is 4.74 Å². The van der Waals surface area contributed by atoms with Crippen LogP contribution >= 0.6 is 0 Å². The number of carbonyl (C=O) groups is 1. The number of ether oxygens (including phenoxy) is 1. The van der Waals surface area contributed by atoms with E-state index >= 15 is 0 Å². The van der Waals surface area contributed by atoms with Crippen LogP contribution in [-0.4, -0.2) is 48.2 Å². The molecule has 4 rings (SSSR count). The minimum absolute atomic E-state index is 0.0778. The van der Waals surface area contributed by atoms with Crippen molar-refractivity contribution in [3.05, 3.63) is 53.8 Å². The summed E-state index contributed by atoms with van der Waals surface area (Å²) in [5, 5.41) is 14.1. The highest BCUT2D eigenvalue weighted by atomic mass is 19.4. The Morgan fingerprint density at radius 3 is 2.39 bits per heavy atom. The Morgan fingerprint density at radius 1 is 1.14 bits per heavy atom. The van der Waals surface area contributed by atoms with E-state index in [0.29, 0.717) is 43.1 Å². The van der Waals surface area contributed by atoms with Crippen LogP contribution in [-0.2, 0) is 11.2 Å². The van der Waals surface area contributed by atoms with Crippen molar-refractivity contribution in [2.24, 2.45) is 11.0 Å². The summed E-state index contributed by atoms with van der Waals surface area (Å²) in [6, 6.07) is 10.7. The van der Waals surface area contributed by atoms with Gasteiger partial charge < -0.3 is 14.7 Å². The van der Waals surface area contributed by atoms with Crippen LogP contribution in [0.2, 0.25) is 0 Å². The summed E-state index contributed by atoms with van der Waals surface area (Å²) in [5.74, 6) is -1.96. The average Bonchev–Trinajstić information content (AvgIpc) is 3.16. The van der Waals surface area contributed by atoms with Gasteiger partial charge in [-0.1, -0.05) is 19.9 Å². The van der Waals surface area contributed by atoms with E-state index in [-0.39, 0.29) is 11.9 Å². The molecular formula is C26H29F4N3O3. The van der Waals surface area contributed by atoms with Crippen LogP contribution in [0, 0.1) is 11.7 Å². The lowest BCUT2D eigenvalue weighted by molar-refractivity contribution is -0.137. The fourth-order valence-electron chi connectivity index (χ4n) is 4.79. The fourth-order valence-corrected chi connectivity index (χ4v) is 4.79. The van der Waals surface area contributed by atoms with E-state index < -0.39 is 36.2 Å². The van der Waals surface area contributed by atoms with Crippen molar-refractivity contribution in [1.82, 2.24) is 0 Å². The number of hydrogen-bond donors (Lipinski definition) is 1. The van der Waals surface area contributed by atoms with Gasteiger partial charge in [-0.2, -0.15) is 18.3 Å². The van der Waals surface area contributed by atoms with Crippen LogP contribution < -0.4 is 14.6 Å². The fraction of sp³-hybridized carbons (Fsp3) is 0.462. The van der Waals surface area contributed by atoms with Crippen LogP contribution in [0.3, 0.4) is 0 Å². The molecule has 0 spiro atoms. The summed E-state index contributed by atoms with van der Waals surface area (Å²) in [7, 11) is 0. The summed E-state index contributed by atoms with van der Waals surface area (Å²) in [6.07, 6.45) is -2.96. The van der Waals surface area contributed by atoms with Crippen molar-refractivity contribution < 1.29 is 32.2 Å². The van der Waals surface area contributed by atoms with Gasteiger partial charge >= 0.3 is 12.1 Å². The number of rotatable bonds is 7. The first kappa shape index (κ1) is 25.8. The molecule has 1 fully saturated rings. The van der Waals surface area contributed by atoms with Crippen molar-refractivity contribution in [2.75, 3.05) is 23.0 Å². The van der Waals surface area contributed by atoms with Gasteiger partial charge in [0.1, 0.15) is 23.4 Å². The molecule has 2 aromatic rings. The lowest BCUT2D eigenvalue weighted by Gasteiger charge is -2.34. The minimum atomic E-state index is -4.64. The molecule has 194 valence electrons. The highest BCUT2D eigenvalue weighted by Crippen LogP contribution is 2.37. The molecule has 2 aromatic carbocycles. The SMILES string of the molecule is CCc1ccc(F)c(N2CCC(Oc3ccc(N4N=C(C(F)(F)F)C(C)C4CC(=O)O)cc3)CC2)c1. The van der Waals surface area contributed by atoms with E-state index in [2.05, 4.69) is 5.10 Å². The normalized spacial score (nSPS) is 21.0. The number of benzene rings is 2. The number of alkyl halides is 3. The zero-order valence-electron chi connectivity index (χ0n) is 20.1. The number of aliphatic carboxylic acids is 1. The Balaban J connectivity index is 1.41. The highest BCUT2D eigenvalue weighted by Gasteiger charge is 2.48. The minimum Gasteiger partial charge on any atom is -0.490 e. The second-order valence-corrected chi connectivity index (χ2v) is 9.22. The Bertz CT molecular complexity index is 1110. The molecule has 0 amide bonds. The number of hydrogen-bond acceptors (Lipinski definition) is 5. The number of nitrogens with zero attached hydrogens (tertiary/aromatic N) is 3. The molecule has 2 aliphatic heterocycles. The molecule has 0 saturated carbocycles. The maximum absolute atomic E-state index is 14.3. The van der Waals surface area contributed by atoms with Gasteiger partial charge in [0.05, 0.1) is 23.8 Å². The molecular weight excluding hydrogens is 478 g/mol. The zero-order valence-corrected chi connectivity index (χ0v) is 20.1. The molecule has 1 N–H and O–H groups in total. The van der Waals surface area contributed by atoms with E-state index in [1.54, 1.807) is 30.3 Å². The number of carboxylic acids is 1. The number of anilines is 2. The van der Waals surface area contributed by atoms with Crippen LogP contribution in [0.1, 0.15) is 38.7 Å². The standard InChI is InChI=1S/C26H29F4N3O3/c1-3-17-4-9-21(27)23(14-17)32-12-10-20(11-13-32)36-19-7-5-18(6-8-19)33-22(15-24(34)35)16(2)25(31-33)26(28,29)30/h4-9,14,16,20,22H,3,10-13,15H2,1-2H3,(H,34,35). The summed E-state index contributed by atoms with van der Waals surface area (Å²) in [5.41, 5.74) is 1.06. The third-order valence-electron chi connectivity index (χ3n) is 6.82. The summed E-state index contributed by atoms with van der Waals surface area (Å²) in [4.78, 5) is 13.3. The van der Waals surface area contributed by atoms with E-state index in [0.717, 1.165) is 17.0 Å². The quantitative estimate of drug-likeness (QED) is 0.491. The van der Waals surface area contributed by atoms with Gasteiger partial charge in [0, 0.05) is 31.8 Å². The van der Waals surface area contributed by atoms with Gasteiger partial charge in [-0.15, -0.1) is 0 Å². The van der Waals surface area contributed by atoms with Gasteiger partial charge in [0.2, 0.25) is 0 Å². The summed E-state index contributed by atoms with van der Waals surface area (Å²) < 4.78 is 60.5. The first-order valence-electron chi connectivity index (χ1n) is 12.0. The molecule has 0 radical (unpaired) electrons. The van der Waals surface area contributed by atoms with E-state index in [1.807, 2.05) is 17.9 Å². The lowest BCUT2D eigenvalue weighted by atomic mass is 9.94. The van der Waals surface area contributed by atoms with Crippen LogP contribution in [0.5, 0.6) is 5.75 Å². The van der Waals surface area contributed by atoms with Crippen molar-refractivity contribution >= 4 is 23.1 Å². The third kappa shape index (κ3) is 5.57. The molecule has 0 aromatic heterocycles. The lowest BCUT2D eigenvalue weighted by Crippen LogP contribution is -2.38. The van der Waals surface area contributed by atoms with Crippen LogP contribution in [0.4, 0.5) is 28.9 Å². The summed E-state index contributed by atoms with van der Waals surface area (Å²) in [6.45, 7) is 4.66. The Kier molecular flexibility index (Phi) is 7.42. The van der Waals surface area contributed by atoms with Crippen LogP contribution in [0.15, 0.2) is 47.6 Å². The molecule has 1 saturated heterocycles. The Hall–Kier alpha value is -3.30. The Labute approximate surface area is 207 Å². The predicted octanol–water partition coefficient (Wildman–Crippen LogP) is 5.65. The summed E-state index contributed by atoms with van der Waals surface area (Å²) >= 11 is 0. The monoisotopic (exact) mass is 507 g/mol. The second-order valence-electron chi connectivity index (χ2n) is 9.22. The second kappa shape index (κ2) is 10.4. The molecule has 2 heterocycles. The van der Waals surface area contributed by atoms with Gasteiger partial charge in [-0.05, 0) is 48.4 Å². The molecule has 0 aliphatic carbocycles. The molecule has 2 unspecified atom stereocenters. The predicted molar refractivity (Wildman–Crippen MR) is 129 cm³/mol.